The Morgan fingerprint density at radius 3 is 2.90 bits per heavy atom. The third-order valence-corrected chi connectivity index (χ3v) is 3.94. The number of nitrogens with one attached hydrogen (secondary N) is 2. The van der Waals surface area contributed by atoms with Gasteiger partial charge < -0.3 is 15.4 Å². The predicted octanol–water partition coefficient (Wildman–Crippen LogP) is 1.96. The van der Waals surface area contributed by atoms with Gasteiger partial charge in [-0.2, -0.15) is 0 Å². The molecule has 1 aliphatic carbocycles. The van der Waals surface area contributed by atoms with Crippen molar-refractivity contribution in [2.75, 3.05) is 19.7 Å². The second-order valence-electron chi connectivity index (χ2n) is 5.77. The molecule has 1 aromatic rings. The molecule has 3 rings (SSSR count). The molecule has 0 spiro atoms. The van der Waals surface area contributed by atoms with Gasteiger partial charge in [0, 0.05) is 12.6 Å². The van der Waals surface area contributed by atoms with Crippen LogP contribution in [0.1, 0.15) is 36.0 Å². The van der Waals surface area contributed by atoms with Crippen LogP contribution in [0, 0.1) is 5.92 Å². The van der Waals surface area contributed by atoms with Gasteiger partial charge in [0.15, 0.2) is 0 Å². The van der Waals surface area contributed by atoms with Crippen molar-refractivity contribution in [1.82, 2.24) is 10.6 Å². The first-order chi connectivity index (χ1) is 9.83. The van der Waals surface area contributed by atoms with Gasteiger partial charge in [0.25, 0.3) is 5.91 Å². The summed E-state index contributed by atoms with van der Waals surface area (Å²) in [6, 6.07) is 7.76. The number of hydrogen-bond acceptors (Lipinski definition) is 3. The fourth-order valence-corrected chi connectivity index (χ4v) is 2.51. The molecule has 1 atom stereocenters. The maximum atomic E-state index is 12.4. The molecule has 1 heterocycles. The lowest BCUT2D eigenvalue weighted by atomic mass is 10.1. The summed E-state index contributed by atoms with van der Waals surface area (Å²) in [6.45, 7) is 2.64. The first-order valence-electron chi connectivity index (χ1n) is 7.56. The van der Waals surface area contributed by atoms with Crippen LogP contribution in [0.3, 0.4) is 0 Å². The van der Waals surface area contributed by atoms with E-state index in [1.165, 1.54) is 12.8 Å². The fraction of sp³-hybridized carbons (Fsp3) is 0.562. The number of hydrogen-bond donors (Lipinski definition) is 2. The highest BCUT2D eigenvalue weighted by Gasteiger charge is 2.23. The average Bonchev–Trinajstić information content (AvgIpc) is 3.31. The Labute approximate surface area is 119 Å². The van der Waals surface area contributed by atoms with Crippen LogP contribution >= 0.6 is 0 Å². The number of amides is 1. The van der Waals surface area contributed by atoms with E-state index < -0.39 is 0 Å². The van der Waals surface area contributed by atoms with E-state index in [0.29, 0.717) is 17.2 Å². The minimum absolute atomic E-state index is 0.0231. The molecule has 0 bridgehead atoms. The van der Waals surface area contributed by atoms with E-state index in [0.717, 1.165) is 32.5 Å². The molecule has 0 unspecified atom stereocenters. The van der Waals surface area contributed by atoms with Gasteiger partial charge in [0.05, 0.1) is 12.2 Å². The van der Waals surface area contributed by atoms with Crippen LogP contribution in [0.2, 0.25) is 0 Å². The van der Waals surface area contributed by atoms with E-state index in [1.54, 1.807) is 0 Å². The second-order valence-corrected chi connectivity index (χ2v) is 5.77. The van der Waals surface area contributed by atoms with E-state index in [-0.39, 0.29) is 11.9 Å². The highest BCUT2D eigenvalue weighted by atomic mass is 16.5. The summed E-state index contributed by atoms with van der Waals surface area (Å²) in [5, 5.41) is 6.41. The average molecular weight is 274 g/mol. The Bertz CT molecular complexity index is 465. The molecule has 1 saturated carbocycles. The Balaban J connectivity index is 1.62. The van der Waals surface area contributed by atoms with E-state index >= 15 is 0 Å². The first-order valence-corrected chi connectivity index (χ1v) is 7.56. The third-order valence-electron chi connectivity index (χ3n) is 3.94. The number of para-hydroxylation sites is 1. The fourth-order valence-electron chi connectivity index (χ4n) is 2.51. The van der Waals surface area contributed by atoms with Gasteiger partial charge in [-0.25, -0.2) is 0 Å². The molecular weight excluding hydrogens is 252 g/mol. The van der Waals surface area contributed by atoms with Crippen molar-refractivity contribution in [3.8, 4) is 5.75 Å². The van der Waals surface area contributed by atoms with Crippen LogP contribution in [0.4, 0.5) is 0 Å². The summed E-state index contributed by atoms with van der Waals surface area (Å²) in [5.74, 6) is 1.37. The topological polar surface area (TPSA) is 50.4 Å². The molecule has 1 saturated heterocycles. The summed E-state index contributed by atoms with van der Waals surface area (Å²) < 4.78 is 5.79. The molecule has 4 nitrogen and oxygen atoms in total. The van der Waals surface area contributed by atoms with E-state index in [1.807, 2.05) is 24.3 Å². The van der Waals surface area contributed by atoms with Gasteiger partial charge in [0.2, 0.25) is 0 Å². The van der Waals surface area contributed by atoms with Crippen LogP contribution in [-0.4, -0.2) is 31.6 Å². The number of piperidine rings is 1. The lowest BCUT2D eigenvalue weighted by Crippen LogP contribution is -2.45. The number of benzene rings is 1. The lowest BCUT2D eigenvalue weighted by Gasteiger charge is -2.24. The number of carbonyl (C=O) groups excluding carboxylic acids is 1. The largest absolute Gasteiger partial charge is 0.492 e. The third kappa shape index (κ3) is 3.51. The molecule has 0 radical (unpaired) electrons. The zero-order valence-electron chi connectivity index (χ0n) is 11.7. The van der Waals surface area contributed by atoms with Crippen molar-refractivity contribution in [1.29, 1.82) is 0 Å². The Kier molecular flexibility index (Phi) is 4.21. The molecule has 0 aromatic heterocycles. The SMILES string of the molecule is O=C(N[C@H]1CCCNC1)c1ccccc1OCC1CC1. The smallest absolute Gasteiger partial charge is 0.255 e. The van der Waals surface area contributed by atoms with Crippen LogP contribution < -0.4 is 15.4 Å². The Hall–Kier alpha value is -1.55. The van der Waals surface area contributed by atoms with Crippen molar-refractivity contribution in [3.05, 3.63) is 29.8 Å². The summed E-state index contributed by atoms with van der Waals surface area (Å²) in [7, 11) is 0. The van der Waals surface area contributed by atoms with Crippen LogP contribution in [0.15, 0.2) is 24.3 Å². The van der Waals surface area contributed by atoms with E-state index in [9.17, 15) is 4.79 Å². The molecule has 108 valence electrons. The van der Waals surface area contributed by atoms with Crippen molar-refractivity contribution < 1.29 is 9.53 Å². The Morgan fingerprint density at radius 2 is 2.15 bits per heavy atom. The summed E-state index contributed by atoms with van der Waals surface area (Å²) in [5.41, 5.74) is 0.652. The van der Waals surface area contributed by atoms with Crippen LogP contribution in [0.5, 0.6) is 5.75 Å². The monoisotopic (exact) mass is 274 g/mol. The minimum Gasteiger partial charge on any atom is -0.492 e. The first kappa shape index (κ1) is 13.4. The molecule has 1 amide bonds. The molecule has 2 aliphatic rings. The summed E-state index contributed by atoms with van der Waals surface area (Å²) in [4.78, 5) is 12.4. The second kappa shape index (κ2) is 6.27. The zero-order chi connectivity index (χ0) is 13.8. The lowest BCUT2D eigenvalue weighted by molar-refractivity contribution is 0.0926. The highest BCUT2D eigenvalue weighted by molar-refractivity contribution is 5.97. The molecule has 2 fully saturated rings. The highest BCUT2D eigenvalue weighted by Crippen LogP contribution is 2.30. The molecule has 2 N–H and O–H groups in total. The summed E-state index contributed by atoms with van der Waals surface area (Å²) >= 11 is 0. The van der Waals surface area contributed by atoms with Crippen molar-refractivity contribution in [2.45, 2.75) is 31.7 Å². The molecule has 1 aliphatic heterocycles. The number of carbonyl (C=O) groups is 1. The minimum atomic E-state index is -0.0231. The summed E-state index contributed by atoms with van der Waals surface area (Å²) in [6.07, 6.45) is 4.67. The molecular formula is C16H22N2O2. The zero-order valence-corrected chi connectivity index (χ0v) is 11.7. The van der Waals surface area contributed by atoms with E-state index in [2.05, 4.69) is 10.6 Å². The Morgan fingerprint density at radius 1 is 1.30 bits per heavy atom. The van der Waals surface area contributed by atoms with Gasteiger partial charge in [-0.15, -0.1) is 0 Å². The van der Waals surface area contributed by atoms with Crippen LogP contribution in [-0.2, 0) is 0 Å². The van der Waals surface area contributed by atoms with Gasteiger partial charge in [0.1, 0.15) is 5.75 Å². The van der Waals surface area contributed by atoms with Gasteiger partial charge in [-0.3, -0.25) is 4.79 Å². The normalized spacial score (nSPS) is 22.3. The number of ether oxygens (including phenoxy) is 1. The predicted molar refractivity (Wildman–Crippen MR) is 78.0 cm³/mol. The molecule has 4 heteroatoms. The van der Waals surface area contributed by atoms with Crippen LogP contribution in [0.25, 0.3) is 0 Å². The maximum Gasteiger partial charge on any atom is 0.255 e. The van der Waals surface area contributed by atoms with Gasteiger partial charge in [-0.05, 0) is 50.3 Å². The van der Waals surface area contributed by atoms with Crippen molar-refractivity contribution in [3.63, 3.8) is 0 Å². The molecule has 20 heavy (non-hydrogen) atoms. The van der Waals surface area contributed by atoms with E-state index in [4.69, 9.17) is 4.74 Å². The van der Waals surface area contributed by atoms with Crippen molar-refractivity contribution in [2.24, 2.45) is 5.92 Å². The quantitative estimate of drug-likeness (QED) is 0.863. The maximum absolute atomic E-state index is 12.4. The van der Waals surface area contributed by atoms with Gasteiger partial charge in [-0.1, -0.05) is 12.1 Å². The standard InChI is InChI=1S/C16H22N2O2/c19-16(18-13-4-3-9-17-10-13)14-5-1-2-6-15(14)20-11-12-7-8-12/h1-2,5-6,12-13,17H,3-4,7-11H2,(H,18,19)/t13-/m0/s1. The number of rotatable bonds is 5. The molecule has 1 aromatic carbocycles. The van der Waals surface area contributed by atoms with Crippen molar-refractivity contribution >= 4 is 5.91 Å². The van der Waals surface area contributed by atoms with Gasteiger partial charge >= 0.3 is 0 Å².